The monoisotopic (exact) mass is 339 g/mol. The van der Waals surface area contributed by atoms with Crippen molar-refractivity contribution in [1.82, 2.24) is 5.32 Å². The summed E-state index contributed by atoms with van der Waals surface area (Å²) in [6.45, 7) is 1.96. The van der Waals surface area contributed by atoms with Gasteiger partial charge in [-0.15, -0.1) is 0 Å². The maximum atomic E-state index is 12.1. The summed E-state index contributed by atoms with van der Waals surface area (Å²) in [6.07, 6.45) is 4.71. The molecule has 1 fully saturated rings. The fourth-order valence-corrected chi connectivity index (χ4v) is 3.58. The van der Waals surface area contributed by atoms with Gasteiger partial charge < -0.3 is 10.1 Å². The molecule has 1 amide bonds. The van der Waals surface area contributed by atoms with Gasteiger partial charge in [0.05, 0.1) is 6.42 Å². The number of hydrogen-bond acceptors (Lipinski definition) is 3. The SMILES string of the molecule is C[C@@H]1CCCC[C@H]1NC(=O)COC(=O)Cc1cccc2ccccc12. The first-order chi connectivity index (χ1) is 12.1. The molecule has 1 saturated carbocycles. The van der Waals surface area contributed by atoms with Gasteiger partial charge >= 0.3 is 5.97 Å². The van der Waals surface area contributed by atoms with Gasteiger partial charge in [0, 0.05) is 6.04 Å². The standard InChI is InChI=1S/C21H25NO3/c1-15-7-2-5-12-19(15)22-20(23)14-25-21(24)13-17-10-6-9-16-8-3-4-11-18(16)17/h3-4,6,8-11,15,19H,2,5,7,12-14H2,1H3,(H,22,23)/t15-,19-/m1/s1. The summed E-state index contributed by atoms with van der Waals surface area (Å²) in [6, 6.07) is 14.0. The zero-order valence-corrected chi connectivity index (χ0v) is 14.7. The Labute approximate surface area is 148 Å². The number of ether oxygens (including phenoxy) is 1. The minimum absolute atomic E-state index is 0.175. The molecule has 1 aliphatic carbocycles. The molecular formula is C21H25NO3. The van der Waals surface area contributed by atoms with Crippen LogP contribution in [0.1, 0.15) is 38.2 Å². The van der Waals surface area contributed by atoms with Gasteiger partial charge in [0.15, 0.2) is 6.61 Å². The molecule has 132 valence electrons. The van der Waals surface area contributed by atoms with Crippen molar-refractivity contribution in [2.24, 2.45) is 5.92 Å². The fourth-order valence-electron chi connectivity index (χ4n) is 3.58. The van der Waals surface area contributed by atoms with E-state index < -0.39 is 0 Å². The Kier molecular flexibility index (Phi) is 5.69. The van der Waals surface area contributed by atoms with Gasteiger partial charge in [-0.05, 0) is 35.1 Å². The minimum atomic E-state index is -0.372. The molecule has 2 atom stereocenters. The van der Waals surface area contributed by atoms with E-state index in [9.17, 15) is 9.59 Å². The maximum absolute atomic E-state index is 12.1. The third kappa shape index (κ3) is 4.59. The van der Waals surface area contributed by atoms with Crippen LogP contribution in [-0.2, 0) is 20.7 Å². The largest absolute Gasteiger partial charge is 0.455 e. The number of hydrogen-bond donors (Lipinski definition) is 1. The van der Waals surface area contributed by atoms with Crippen LogP contribution in [0.15, 0.2) is 42.5 Å². The van der Waals surface area contributed by atoms with Crippen molar-refractivity contribution >= 4 is 22.6 Å². The lowest BCUT2D eigenvalue weighted by Crippen LogP contribution is -2.42. The van der Waals surface area contributed by atoms with Gasteiger partial charge in [-0.25, -0.2) is 0 Å². The first kappa shape index (κ1) is 17.5. The van der Waals surface area contributed by atoms with Gasteiger partial charge in [0.25, 0.3) is 5.91 Å². The summed E-state index contributed by atoms with van der Waals surface area (Å²) in [5.74, 6) is -0.0858. The fraction of sp³-hybridized carbons (Fsp3) is 0.429. The smallest absolute Gasteiger partial charge is 0.310 e. The summed E-state index contributed by atoms with van der Waals surface area (Å²) in [4.78, 5) is 24.2. The minimum Gasteiger partial charge on any atom is -0.455 e. The number of benzene rings is 2. The lowest BCUT2D eigenvalue weighted by Gasteiger charge is -2.29. The molecule has 4 heteroatoms. The highest BCUT2D eigenvalue weighted by atomic mass is 16.5. The molecule has 0 heterocycles. The summed E-state index contributed by atoms with van der Waals surface area (Å²) in [5, 5.41) is 5.14. The van der Waals surface area contributed by atoms with E-state index in [2.05, 4.69) is 12.2 Å². The molecule has 0 radical (unpaired) electrons. The van der Waals surface area contributed by atoms with Crippen LogP contribution in [0.2, 0.25) is 0 Å². The van der Waals surface area contributed by atoms with Crippen molar-refractivity contribution in [1.29, 1.82) is 0 Å². The highest BCUT2D eigenvalue weighted by Crippen LogP contribution is 2.23. The lowest BCUT2D eigenvalue weighted by atomic mass is 9.86. The number of carbonyl (C=O) groups excluding carboxylic acids is 2. The number of esters is 1. The molecule has 25 heavy (non-hydrogen) atoms. The number of amides is 1. The first-order valence-corrected chi connectivity index (χ1v) is 9.05. The summed E-state index contributed by atoms with van der Waals surface area (Å²) >= 11 is 0. The van der Waals surface area contributed by atoms with Crippen LogP contribution in [0.3, 0.4) is 0 Å². The highest BCUT2D eigenvalue weighted by molar-refractivity contribution is 5.89. The van der Waals surface area contributed by atoms with Gasteiger partial charge in [0.1, 0.15) is 0 Å². The topological polar surface area (TPSA) is 55.4 Å². The first-order valence-electron chi connectivity index (χ1n) is 9.05. The molecule has 0 bridgehead atoms. The lowest BCUT2D eigenvalue weighted by molar-refractivity contribution is -0.148. The molecule has 2 aromatic rings. The Morgan fingerprint density at radius 3 is 2.68 bits per heavy atom. The number of carbonyl (C=O) groups is 2. The van der Waals surface area contributed by atoms with Crippen LogP contribution >= 0.6 is 0 Å². The molecule has 0 aromatic heterocycles. The Balaban J connectivity index is 1.51. The third-order valence-corrected chi connectivity index (χ3v) is 5.04. The van der Waals surface area contributed by atoms with E-state index >= 15 is 0 Å². The van der Waals surface area contributed by atoms with Crippen LogP contribution in [0.5, 0.6) is 0 Å². The average molecular weight is 339 g/mol. The number of nitrogens with one attached hydrogen (secondary N) is 1. The van der Waals surface area contributed by atoms with E-state index in [1.807, 2.05) is 42.5 Å². The quantitative estimate of drug-likeness (QED) is 0.847. The number of fused-ring (bicyclic) bond motifs is 1. The normalized spacial score (nSPS) is 20.2. The molecular weight excluding hydrogens is 314 g/mol. The molecule has 0 unspecified atom stereocenters. The van der Waals surface area contributed by atoms with E-state index in [1.165, 1.54) is 6.42 Å². The molecule has 3 rings (SSSR count). The van der Waals surface area contributed by atoms with Gasteiger partial charge in [0.2, 0.25) is 0 Å². The van der Waals surface area contributed by atoms with Crippen molar-refractivity contribution in [3.63, 3.8) is 0 Å². The molecule has 0 aliphatic heterocycles. The second-order valence-electron chi connectivity index (χ2n) is 6.91. The molecule has 4 nitrogen and oxygen atoms in total. The molecule has 2 aromatic carbocycles. The second-order valence-corrected chi connectivity index (χ2v) is 6.91. The predicted molar refractivity (Wildman–Crippen MR) is 98.2 cm³/mol. The summed E-state index contributed by atoms with van der Waals surface area (Å²) < 4.78 is 5.18. The van der Waals surface area contributed by atoms with Crippen molar-refractivity contribution in [2.45, 2.75) is 45.1 Å². The average Bonchev–Trinajstić information content (AvgIpc) is 2.62. The maximum Gasteiger partial charge on any atom is 0.310 e. The van der Waals surface area contributed by atoms with Gasteiger partial charge in [-0.2, -0.15) is 0 Å². The van der Waals surface area contributed by atoms with Gasteiger partial charge in [-0.1, -0.05) is 62.2 Å². The Morgan fingerprint density at radius 1 is 1.08 bits per heavy atom. The Hall–Kier alpha value is -2.36. The predicted octanol–water partition coefficient (Wildman–Crippen LogP) is 3.62. The van der Waals surface area contributed by atoms with E-state index in [4.69, 9.17) is 4.74 Å². The van der Waals surface area contributed by atoms with Crippen molar-refractivity contribution in [3.8, 4) is 0 Å². The molecule has 1 N–H and O–H groups in total. The van der Waals surface area contributed by atoms with Crippen molar-refractivity contribution in [3.05, 3.63) is 48.0 Å². The van der Waals surface area contributed by atoms with Crippen LogP contribution < -0.4 is 5.32 Å². The van der Waals surface area contributed by atoms with Crippen LogP contribution in [-0.4, -0.2) is 24.5 Å². The van der Waals surface area contributed by atoms with E-state index in [0.29, 0.717) is 5.92 Å². The highest BCUT2D eigenvalue weighted by Gasteiger charge is 2.23. The van der Waals surface area contributed by atoms with E-state index in [-0.39, 0.29) is 30.9 Å². The Bertz CT molecular complexity index is 750. The summed E-state index contributed by atoms with van der Waals surface area (Å²) in [7, 11) is 0. The molecule has 0 saturated heterocycles. The van der Waals surface area contributed by atoms with Crippen LogP contribution in [0, 0.1) is 5.92 Å². The van der Waals surface area contributed by atoms with Crippen LogP contribution in [0.4, 0.5) is 0 Å². The number of rotatable bonds is 5. The third-order valence-electron chi connectivity index (χ3n) is 5.04. The van der Waals surface area contributed by atoms with Crippen molar-refractivity contribution < 1.29 is 14.3 Å². The second kappa shape index (κ2) is 8.15. The van der Waals surface area contributed by atoms with E-state index in [1.54, 1.807) is 0 Å². The zero-order valence-electron chi connectivity index (χ0n) is 14.7. The Morgan fingerprint density at radius 2 is 1.84 bits per heavy atom. The van der Waals surface area contributed by atoms with Crippen molar-refractivity contribution in [2.75, 3.05) is 6.61 Å². The summed E-state index contributed by atoms with van der Waals surface area (Å²) in [5.41, 5.74) is 0.921. The molecule has 0 spiro atoms. The molecule has 1 aliphatic rings. The van der Waals surface area contributed by atoms with Crippen LogP contribution in [0.25, 0.3) is 10.8 Å². The van der Waals surface area contributed by atoms with Gasteiger partial charge in [-0.3, -0.25) is 9.59 Å². The zero-order chi connectivity index (χ0) is 17.6. The van der Waals surface area contributed by atoms with E-state index in [0.717, 1.165) is 35.6 Å².